The number of hydrogen-bond acceptors (Lipinski definition) is 6. The molecule has 0 bridgehead atoms. The summed E-state index contributed by atoms with van der Waals surface area (Å²) in [5, 5.41) is 14.0. The lowest BCUT2D eigenvalue weighted by molar-refractivity contribution is 0.0945. The van der Waals surface area contributed by atoms with Crippen molar-refractivity contribution in [3.8, 4) is 11.5 Å². The van der Waals surface area contributed by atoms with Crippen LogP contribution in [0.2, 0.25) is 0 Å². The molecule has 0 saturated heterocycles. The zero-order chi connectivity index (χ0) is 17.8. The monoisotopic (exact) mass is 348 g/mol. The SMILES string of the molecule is O=C(NCc1ccc2c(c1)OCO2)c1ccc(Nc2ccccc2)nn1. The van der Waals surface area contributed by atoms with Gasteiger partial charge in [-0.05, 0) is 42.0 Å². The van der Waals surface area contributed by atoms with Crippen molar-refractivity contribution < 1.29 is 14.3 Å². The first-order chi connectivity index (χ1) is 12.8. The predicted octanol–water partition coefficient (Wildman–Crippen LogP) is 2.88. The number of aromatic nitrogens is 2. The molecular weight excluding hydrogens is 332 g/mol. The van der Waals surface area contributed by atoms with Crippen molar-refractivity contribution in [3.63, 3.8) is 0 Å². The molecule has 0 atom stereocenters. The fraction of sp³-hybridized carbons (Fsp3) is 0.105. The number of carbonyl (C=O) groups is 1. The highest BCUT2D eigenvalue weighted by Gasteiger charge is 2.14. The van der Waals surface area contributed by atoms with Crippen LogP contribution in [-0.2, 0) is 6.54 Å². The summed E-state index contributed by atoms with van der Waals surface area (Å²) < 4.78 is 10.6. The van der Waals surface area contributed by atoms with Crippen molar-refractivity contribution in [1.82, 2.24) is 15.5 Å². The van der Waals surface area contributed by atoms with Crippen LogP contribution in [0.1, 0.15) is 16.1 Å². The maximum atomic E-state index is 12.2. The first-order valence-corrected chi connectivity index (χ1v) is 8.10. The van der Waals surface area contributed by atoms with E-state index >= 15 is 0 Å². The molecule has 7 heteroatoms. The van der Waals surface area contributed by atoms with E-state index in [4.69, 9.17) is 9.47 Å². The quantitative estimate of drug-likeness (QED) is 0.737. The minimum atomic E-state index is -0.290. The second-order valence-corrected chi connectivity index (χ2v) is 5.67. The van der Waals surface area contributed by atoms with E-state index in [1.165, 1.54) is 0 Å². The third-order valence-corrected chi connectivity index (χ3v) is 3.83. The summed E-state index contributed by atoms with van der Waals surface area (Å²) in [7, 11) is 0. The van der Waals surface area contributed by atoms with Gasteiger partial charge < -0.3 is 20.1 Å². The molecule has 2 heterocycles. The number of anilines is 2. The Morgan fingerprint density at radius 1 is 0.962 bits per heavy atom. The molecule has 26 heavy (non-hydrogen) atoms. The lowest BCUT2D eigenvalue weighted by Crippen LogP contribution is -2.24. The van der Waals surface area contributed by atoms with Crippen LogP contribution in [0.5, 0.6) is 11.5 Å². The topological polar surface area (TPSA) is 85.4 Å². The maximum absolute atomic E-state index is 12.2. The summed E-state index contributed by atoms with van der Waals surface area (Å²) in [6, 6.07) is 18.5. The Hall–Kier alpha value is -3.61. The molecule has 0 spiro atoms. The highest BCUT2D eigenvalue weighted by atomic mass is 16.7. The average Bonchev–Trinajstić information content (AvgIpc) is 3.15. The van der Waals surface area contributed by atoms with Gasteiger partial charge in [-0.1, -0.05) is 24.3 Å². The van der Waals surface area contributed by atoms with E-state index in [2.05, 4.69) is 20.8 Å². The molecule has 3 aromatic rings. The number of rotatable bonds is 5. The van der Waals surface area contributed by atoms with E-state index in [0.29, 0.717) is 23.9 Å². The van der Waals surface area contributed by atoms with Gasteiger partial charge in [-0.15, -0.1) is 10.2 Å². The van der Waals surface area contributed by atoms with E-state index in [0.717, 1.165) is 11.3 Å². The fourth-order valence-electron chi connectivity index (χ4n) is 2.51. The van der Waals surface area contributed by atoms with Crippen LogP contribution in [0.4, 0.5) is 11.5 Å². The smallest absolute Gasteiger partial charge is 0.272 e. The molecular formula is C19H16N4O3. The van der Waals surface area contributed by atoms with Gasteiger partial charge in [0.2, 0.25) is 6.79 Å². The van der Waals surface area contributed by atoms with Gasteiger partial charge in [0, 0.05) is 12.2 Å². The van der Waals surface area contributed by atoms with Crippen molar-refractivity contribution in [3.05, 3.63) is 71.9 Å². The van der Waals surface area contributed by atoms with Crippen molar-refractivity contribution in [1.29, 1.82) is 0 Å². The number of benzene rings is 2. The molecule has 4 rings (SSSR count). The Balaban J connectivity index is 1.36. The first-order valence-electron chi connectivity index (χ1n) is 8.10. The number of hydrogen-bond donors (Lipinski definition) is 2. The highest BCUT2D eigenvalue weighted by Crippen LogP contribution is 2.32. The molecule has 0 unspecified atom stereocenters. The van der Waals surface area contributed by atoms with Crippen LogP contribution in [0.25, 0.3) is 0 Å². The van der Waals surface area contributed by atoms with Crippen molar-refractivity contribution >= 4 is 17.4 Å². The van der Waals surface area contributed by atoms with E-state index in [-0.39, 0.29) is 18.4 Å². The van der Waals surface area contributed by atoms with Gasteiger partial charge in [-0.3, -0.25) is 4.79 Å². The van der Waals surface area contributed by atoms with Crippen LogP contribution < -0.4 is 20.1 Å². The Bertz CT molecular complexity index is 914. The summed E-state index contributed by atoms with van der Waals surface area (Å²) in [5.74, 6) is 1.69. The van der Waals surface area contributed by atoms with Crippen LogP contribution in [-0.4, -0.2) is 22.9 Å². The largest absolute Gasteiger partial charge is 0.454 e. The summed E-state index contributed by atoms with van der Waals surface area (Å²) in [4.78, 5) is 12.2. The summed E-state index contributed by atoms with van der Waals surface area (Å²) in [5.41, 5.74) is 2.07. The van der Waals surface area contributed by atoms with Crippen molar-refractivity contribution in [2.45, 2.75) is 6.54 Å². The number of nitrogens with zero attached hydrogens (tertiary/aromatic N) is 2. The van der Waals surface area contributed by atoms with Gasteiger partial charge in [0.1, 0.15) is 0 Å². The zero-order valence-corrected chi connectivity index (χ0v) is 13.8. The molecule has 2 aromatic carbocycles. The molecule has 1 aliphatic rings. The summed E-state index contributed by atoms with van der Waals surface area (Å²) >= 11 is 0. The second kappa shape index (κ2) is 7.10. The lowest BCUT2D eigenvalue weighted by atomic mass is 10.2. The Labute approximate surface area is 150 Å². The van der Waals surface area contributed by atoms with E-state index in [1.54, 1.807) is 12.1 Å². The molecule has 0 aliphatic carbocycles. The van der Waals surface area contributed by atoms with Crippen molar-refractivity contribution in [2.24, 2.45) is 0 Å². The second-order valence-electron chi connectivity index (χ2n) is 5.67. The maximum Gasteiger partial charge on any atom is 0.272 e. The van der Waals surface area contributed by atoms with Crippen LogP contribution in [0.3, 0.4) is 0 Å². The Morgan fingerprint density at radius 2 is 1.81 bits per heavy atom. The molecule has 1 aliphatic heterocycles. The molecule has 7 nitrogen and oxygen atoms in total. The average molecular weight is 348 g/mol. The van der Waals surface area contributed by atoms with Gasteiger partial charge in [0.25, 0.3) is 5.91 Å². The minimum Gasteiger partial charge on any atom is -0.454 e. The van der Waals surface area contributed by atoms with Crippen molar-refractivity contribution in [2.75, 3.05) is 12.1 Å². The number of para-hydroxylation sites is 1. The van der Waals surface area contributed by atoms with Crippen LogP contribution in [0.15, 0.2) is 60.7 Å². The lowest BCUT2D eigenvalue weighted by Gasteiger charge is -2.07. The number of amides is 1. The molecule has 1 aromatic heterocycles. The third kappa shape index (κ3) is 3.56. The van der Waals surface area contributed by atoms with Gasteiger partial charge in [-0.2, -0.15) is 0 Å². The molecule has 0 saturated carbocycles. The van der Waals surface area contributed by atoms with Gasteiger partial charge in [-0.25, -0.2) is 0 Å². The molecule has 2 N–H and O–H groups in total. The molecule has 0 fully saturated rings. The van der Waals surface area contributed by atoms with Crippen LogP contribution >= 0.6 is 0 Å². The Morgan fingerprint density at radius 3 is 2.62 bits per heavy atom. The Kier molecular flexibility index (Phi) is 4.34. The van der Waals surface area contributed by atoms with Crippen LogP contribution in [0, 0.1) is 0 Å². The number of ether oxygens (including phenoxy) is 2. The number of nitrogens with one attached hydrogen (secondary N) is 2. The standard InChI is InChI=1S/C19H16N4O3/c24-19(20-11-13-6-8-16-17(10-13)26-12-25-16)15-7-9-18(23-22-15)21-14-4-2-1-3-5-14/h1-10H,11-12H2,(H,20,24)(H,21,23). The normalized spacial score (nSPS) is 11.8. The van der Waals surface area contributed by atoms with Gasteiger partial charge >= 0.3 is 0 Å². The van der Waals surface area contributed by atoms with E-state index in [1.807, 2.05) is 48.5 Å². The third-order valence-electron chi connectivity index (χ3n) is 3.83. The number of carbonyl (C=O) groups excluding carboxylic acids is 1. The molecule has 0 radical (unpaired) electrons. The van der Waals surface area contributed by atoms with Gasteiger partial charge in [0.05, 0.1) is 0 Å². The van der Waals surface area contributed by atoms with E-state index in [9.17, 15) is 4.79 Å². The molecule has 1 amide bonds. The predicted molar refractivity (Wildman–Crippen MR) is 95.5 cm³/mol. The van der Waals surface area contributed by atoms with E-state index < -0.39 is 0 Å². The summed E-state index contributed by atoms with van der Waals surface area (Å²) in [6.07, 6.45) is 0. The highest BCUT2D eigenvalue weighted by molar-refractivity contribution is 5.92. The van der Waals surface area contributed by atoms with Gasteiger partial charge in [0.15, 0.2) is 23.0 Å². The molecule has 130 valence electrons. The number of fused-ring (bicyclic) bond motifs is 1. The fourth-order valence-corrected chi connectivity index (χ4v) is 2.51. The minimum absolute atomic E-state index is 0.226. The first kappa shape index (κ1) is 15.9. The summed E-state index contributed by atoms with van der Waals surface area (Å²) in [6.45, 7) is 0.589. The zero-order valence-electron chi connectivity index (χ0n) is 13.8.